The van der Waals surface area contributed by atoms with E-state index in [0.717, 1.165) is 5.56 Å². The van der Waals surface area contributed by atoms with E-state index >= 15 is 0 Å². The molecule has 1 amide bonds. The molecule has 0 N–H and O–H groups in total. The lowest BCUT2D eigenvalue weighted by molar-refractivity contribution is 0.163. The van der Waals surface area contributed by atoms with Crippen LogP contribution in [-0.4, -0.2) is 18.4 Å². The van der Waals surface area contributed by atoms with Gasteiger partial charge in [0.05, 0.1) is 12.3 Å². The van der Waals surface area contributed by atoms with E-state index in [9.17, 15) is 4.79 Å². The lowest BCUT2D eigenvalue weighted by Crippen LogP contribution is -2.03. The maximum absolute atomic E-state index is 11.0. The van der Waals surface area contributed by atoms with Gasteiger partial charge >= 0.3 is 6.09 Å². The molecule has 1 rings (SSSR count). The quantitative estimate of drug-likeness (QED) is 0.714. The zero-order chi connectivity index (χ0) is 12.4. The van der Waals surface area contributed by atoms with Gasteiger partial charge in [-0.2, -0.15) is 4.99 Å². The maximum atomic E-state index is 11.0. The van der Waals surface area contributed by atoms with Crippen molar-refractivity contribution >= 4 is 11.8 Å². The number of ether oxygens (including phenoxy) is 1. The van der Waals surface area contributed by atoms with Crippen LogP contribution in [0.3, 0.4) is 0 Å². The largest absolute Gasteiger partial charge is 0.448 e. The minimum Gasteiger partial charge on any atom is -0.448 e. The van der Waals surface area contributed by atoms with Gasteiger partial charge in [0.15, 0.2) is 0 Å². The fourth-order valence-corrected chi connectivity index (χ4v) is 1.04. The van der Waals surface area contributed by atoms with Crippen LogP contribution in [0.15, 0.2) is 35.3 Å². The molecule has 1 aromatic carbocycles. The van der Waals surface area contributed by atoms with Gasteiger partial charge in [-0.15, -0.1) is 0 Å². The van der Waals surface area contributed by atoms with E-state index in [4.69, 9.17) is 4.74 Å². The summed E-state index contributed by atoms with van der Waals surface area (Å²) in [6, 6.07) is 9.52. The number of rotatable bonds is 2. The van der Waals surface area contributed by atoms with Crippen LogP contribution >= 0.6 is 0 Å². The van der Waals surface area contributed by atoms with Gasteiger partial charge < -0.3 is 4.74 Å². The molecule has 0 heterocycles. The Hall–Kier alpha value is -1.64. The highest BCUT2D eigenvalue weighted by Gasteiger charge is 2.00. The molecule has 0 bridgehead atoms. The van der Waals surface area contributed by atoms with Gasteiger partial charge in [0.1, 0.15) is 0 Å². The molecule has 0 saturated carbocycles. The number of hydrogen-bond donors (Lipinski definition) is 0. The first-order valence-electron chi connectivity index (χ1n) is 5.51. The van der Waals surface area contributed by atoms with Crippen molar-refractivity contribution in [3.05, 3.63) is 35.9 Å². The normalized spacial score (nSPS) is 10.1. The Balaban J connectivity index is 0.00000106. The summed E-state index contributed by atoms with van der Waals surface area (Å²) in [6.45, 7) is 7.89. The highest BCUT2D eigenvalue weighted by Crippen LogP contribution is 2.01. The van der Waals surface area contributed by atoms with E-state index in [1.54, 1.807) is 13.8 Å². The van der Waals surface area contributed by atoms with E-state index in [1.807, 2.05) is 44.2 Å². The summed E-state index contributed by atoms with van der Waals surface area (Å²) < 4.78 is 4.71. The summed E-state index contributed by atoms with van der Waals surface area (Å²) >= 11 is 0. The third-order valence-electron chi connectivity index (χ3n) is 1.72. The summed E-state index contributed by atoms with van der Waals surface area (Å²) in [7, 11) is 0. The van der Waals surface area contributed by atoms with Crippen LogP contribution in [0.4, 0.5) is 4.79 Å². The second-order valence-corrected chi connectivity index (χ2v) is 2.76. The second kappa shape index (κ2) is 8.65. The van der Waals surface area contributed by atoms with Gasteiger partial charge in [-0.25, -0.2) is 4.79 Å². The Labute approximate surface area is 97.2 Å². The summed E-state index contributed by atoms with van der Waals surface area (Å²) in [6.07, 6.45) is -0.533. The van der Waals surface area contributed by atoms with Crippen LogP contribution in [0.25, 0.3) is 0 Å². The smallest absolute Gasteiger partial charge is 0.433 e. The van der Waals surface area contributed by atoms with Gasteiger partial charge in [-0.3, -0.25) is 0 Å². The van der Waals surface area contributed by atoms with Crippen LogP contribution in [0.5, 0.6) is 0 Å². The first-order valence-corrected chi connectivity index (χ1v) is 5.51. The molecule has 88 valence electrons. The number of carbonyl (C=O) groups is 1. The average molecular weight is 221 g/mol. The first-order chi connectivity index (χ1) is 7.74. The fraction of sp³-hybridized carbons (Fsp3) is 0.385. The highest BCUT2D eigenvalue weighted by atomic mass is 16.5. The van der Waals surface area contributed by atoms with Crippen molar-refractivity contribution in [3.8, 4) is 0 Å². The minimum absolute atomic E-state index is 0.352. The molecule has 1 aromatic rings. The highest BCUT2D eigenvalue weighted by molar-refractivity contribution is 6.03. The molecule has 3 nitrogen and oxygen atoms in total. The molecule has 0 aliphatic carbocycles. The molecule has 0 aromatic heterocycles. The Bertz CT molecular complexity index is 331. The van der Waals surface area contributed by atoms with E-state index in [1.165, 1.54) is 0 Å². The first kappa shape index (κ1) is 14.4. The molecule has 0 unspecified atom stereocenters. The van der Waals surface area contributed by atoms with Crippen molar-refractivity contribution in [2.45, 2.75) is 27.7 Å². The van der Waals surface area contributed by atoms with Crippen LogP contribution in [0.1, 0.15) is 33.3 Å². The molecular weight excluding hydrogens is 202 g/mol. The Kier molecular flexibility index (Phi) is 7.76. The molecule has 0 spiro atoms. The van der Waals surface area contributed by atoms with Crippen LogP contribution < -0.4 is 0 Å². The Morgan fingerprint density at radius 1 is 1.25 bits per heavy atom. The third-order valence-corrected chi connectivity index (χ3v) is 1.72. The van der Waals surface area contributed by atoms with Gasteiger partial charge in [0.2, 0.25) is 0 Å². The zero-order valence-corrected chi connectivity index (χ0v) is 10.4. The molecule has 3 heteroatoms. The Morgan fingerprint density at radius 3 is 2.31 bits per heavy atom. The maximum Gasteiger partial charge on any atom is 0.433 e. The number of carbonyl (C=O) groups excluding carboxylic acids is 1. The zero-order valence-electron chi connectivity index (χ0n) is 10.4. The number of nitrogens with zero attached hydrogens (tertiary/aromatic N) is 1. The third kappa shape index (κ3) is 5.29. The van der Waals surface area contributed by atoms with Crippen molar-refractivity contribution in [1.82, 2.24) is 0 Å². The van der Waals surface area contributed by atoms with Gasteiger partial charge in [-0.1, -0.05) is 44.2 Å². The molecule has 0 aliphatic rings. The van der Waals surface area contributed by atoms with Crippen molar-refractivity contribution in [3.63, 3.8) is 0 Å². The molecule has 0 fully saturated rings. The van der Waals surface area contributed by atoms with Crippen LogP contribution in [0, 0.1) is 0 Å². The van der Waals surface area contributed by atoms with Gasteiger partial charge in [0, 0.05) is 0 Å². The number of benzene rings is 1. The van der Waals surface area contributed by atoms with Crippen molar-refractivity contribution in [2.75, 3.05) is 6.61 Å². The van der Waals surface area contributed by atoms with Gasteiger partial charge in [0.25, 0.3) is 0 Å². The topological polar surface area (TPSA) is 38.7 Å². The van der Waals surface area contributed by atoms with E-state index in [-0.39, 0.29) is 0 Å². The van der Waals surface area contributed by atoms with Crippen LogP contribution in [0.2, 0.25) is 0 Å². The summed E-state index contributed by atoms with van der Waals surface area (Å²) in [5.41, 5.74) is 1.60. The Morgan fingerprint density at radius 2 is 1.81 bits per heavy atom. The van der Waals surface area contributed by atoms with E-state index in [2.05, 4.69) is 4.99 Å². The standard InChI is InChI=1S/C11H13NO2.C2H6/c1-3-14-11(13)12-9(2)10-7-5-4-6-8-10;1-2/h4-8H,3H2,1-2H3;1-2H3/b12-9-;. The molecule has 16 heavy (non-hydrogen) atoms. The number of amides is 1. The van der Waals surface area contributed by atoms with Crippen molar-refractivity contribution in [1.29, 1.82) is 0 Å². The van der Waals surface area contributed by atoms with E-state index in [0.29, 0.717) is 12.3 Å². The average Bonchev–Trinajstić information content (AvgIpc) is 2.33. The SMILES string of the molecule is CC.CCOC(=O)/N=C(/C)c1ccccc1. The molecule has 0 radical (unpaired) electrons. The number of hydrogen-bond acceptors (Lipinski definition) is 2. The monoisotopic (exact) mass is 221 g/mol. The molecular formula is C13H19NO2. The predicted molar refractivity (Wildman–Crippen MR) is 67.0 cm³/mol. The summed E-state index contributed by atoms with van der Waals surface area (Å²) in [5, 5.41) is 0. The lowest BCUT2D eigenvalue weighted by atomic mass is 10.1. The lowest BCUT2D eigenvalue weighted by Gasteiger charge is -1.99. The number of aliphatic imine (C=N–C) groups is 1. The molecule has 0 saturated heterocycles. The predicted octanol–water partition coefficient (Wildman–Crippen LogP) is 3.68. The fourth-order valence-electron chi connectivity index (χ4n) is 1.04. The summed E-state index contributed by atoms with van der Waals surface area (Å²) in [4.78, 5) is 14.8. The van der Waals surface area contributed by atoms with Crippen LogP contribution in [-0.2, 0) is 4.74 Å². The van der Waals surface area contributed by atoms with Crippen molar-refractivity contribution < 1.29 is 9.53 Å². The second-order valence-electron chi connectivity index (χ2n) is 2.76. The van der Waals surface area contributed by atoms with Crippen molar-refractivity contribution in [2.24, 2.45) is 4.99 Å². The van der Waals surface area contributed by atoms with E-state index < -0.39 is 6.09 Å². The molecule has 0 atom stereocenters. The summed E-state index contributed by atoms with van der Waals surface area (Å²) in [5.74, 6) is 0. The minimum atomic E-state index is -0.533. The van der Waals surface area contributed by atoms with Gasteiger partial charge in [-0.05, 0) is 19.4 Å². The molecule has 0 aliphatic heterocycles.